The number of hydrazine groups is 1. The highest BCUT2D eigenvalue weighted by molar-refractivity contribution is 7.89. The van der Waals surface area contributed by atoms with Crippen molar-refractivity contribution in [1.29, 1.82) is 0 Å². The molecule has 0 aliphatic rings. The summed E-state index contributed by atoms with van der Waals surface area (Å²) >= 11 is 0. The summed E-state index contributed by atoms with van der Waals surface area (Å²) in [4.78, 5) is 22.7. The molecule has 13 heteroatoms. The number of sulfonamides is 2. The molecule has 3 aromatic carbocycles. The van der Waals surface area contributed by atoms with Crippen LogP contribution in [0.1, 0.15) is 24.1 Å². The molecule has 2 N–H and O–H groups in total. The first-order valence-corrected chi connectivity index (χ1v) is 13.9. The minimum atomic E-state index is -4.33. The smallest absolute Gasteiger partial charge is 0.269 e. The number of hydrogen-bond acceptors (Lipinski definition) is 8. The van der Waals surface area contributed by atoms with E-state index in [4.69, 9.17) is 0 Å². The summed E-state index contributed by atoms with van der Waals surface area (Å²) in [5.41, 5.74) is 3.79. The standard InChI is InChI=1S/C24H26N4O7S2/c1-17-9-13-22(14-10-17)37(34,35)27(3)25-24(19-7-5-4-6-8-19)23(18(2)29)26-36(32,33)21-15-11-20(12-16-21)28(30)31/h4-16,23-26H,1-3H3/t23-,24-/m0/s1. The molecule has 0 unspecified atom stereocenters. The van der Waals surface area contributed by atoms with Crippen LogP contribution < -0.4 is 10.1 Å². The molecule has 0 aliphatic heterocycles. The molecule has 0 amide bonds. The Balaban J connectivity index is 1.98. The lowest BCUT2D eigenvalue weighted by atomic mass is 9.98. The number of non-ortho nitro benzene ring substituents is 1. The number of nitro benzene ring substituents is 1. The van der Waals surface area contributed by atoms with Crippen LogP contribution in [0.4, 0.5) is 5.69 Å². The van der Waals surface area contributed by atoms with E-state index in [-0.39, 0.29) is 15.5 Å². The van der Waals surface area contributed by atoms with E-state index < -0.39 is 42.8 Å². The topological polar surface area (TPSA) is 156 Å². The molecule has 11 nitrogen and oxygen atoms in total. The fraction of sp³-hybridized carbons (Fsp3) is 0.208. The lowest BCUT2D eigenvalue weighted by molar-refractivity contribution is -0.384. The number of carbonyl (C=O) groups excluding carboxylic acids is 1. The highest BCUT2D eigenvalue weighted by Gasteiger charge is 2.35. The third-order valence-corrected chi connectivity index (χ3v) is 8.72. The first-order valence-electron chi connectivity index (χ1n) is 11.0. The minimum absolute atomic E-state index is 0.00532. The number of carbonyl (C=O) groups is 1. The molecule has 0 fully saturated rings. The predicted molar refractivity (Wildman–Crippen MR) is 136 cm³/mol. The monoisotopic (exact) mass is 546 g/mol. The van der Waals surface area contributed by atoms with Gasteiger partial charge in [0.1, 0.15) is 11.8 Å². The van der Waals surface area contributed by atoms with E-state index in [0.717, 1.165) is 34.2 Å². The highest BCUT2D eigenvalue weighted by atomic mass is 32.2. The number of benzene rings is 3. The zero-order valence-electron chi connectivity index (χ0n) is 20.2. The minimum Gasteiger partial charge on any atom is -0.298 e. The Morgan fingerprint density at radius 1 is 0.892 bits per heavy atom. The van der Waals surface area contributed by atoms with Crippen LogP contribution in [0.25, 0.3) is 0 Å². The molecule has 0 saturated carbocycles. The highest BCUT2D eigenvalue weighted by Crippen LogP contribution is 2.24. The van der Waals surface area contributed by atoms with Crippen LogP contribution in [0.2, 0.25) is 0 Å². The molecule has 37 heavy (non-hydrogen) atoms. The zero-order valence-corrected chi connectivity index (χ0v) is 21.9. The molecule has 3 aromatic rings. The first kappa shape index (κ1) is 28.1. The molecule has 0 radical (unpaired) electrons. The Morgan fingerprint density at radius 2 is 1.43 bits per heavy atom. The van der Waals surface area contributed by atoms with Gasteiger partial charge < -0.3 is 0 Å². The third kappa shape index (κ3) is 6.64. The molecule has 0 heterocycles. The van der Waals surface area contributed by atoms with Gasteiger partial charge in [-0.3, -0.25) is 14.9 Å². The molecule has 0 saturated heterocycles. The maximum absolute atomic E-state index is 13.2. The molecule has 0 aliphatic carbocycles. The van der Waals surface area contributed by atoms with E-state index in [1.165, 1.54) is 26.1 Å². The second-order valence-corrected chi connectivity index (χ2v) is 11.9. The number of hydrogen-bond donors (Lipinski definition) is 2. The molecule has 2 atom stereocenters. The van der Waals surface area contributed by atoms with Crippen molar-refractivity contribution in [2.45, 2.75) is 35.7 Å². The Kier molecular flexibility index (Phi) is 8.56. The van der Waals surface area contributed by atoms with Crippen molar-refractivity contribution in [3.8, 4) is 0 Å². The van der Waals surface area contributed by atoms with Gasteiger partial charge in [-0.1, -0.05) is 48.0 Å². The maximum Gasteiger partial charge on any atom is 0.269 e. The molecule has 0 bridgehead atoms. The quantitative estimate of drug-likeness (QED) is 0.275. The van der Waals surface area contributed by atoms with Gasteiger partial charge in [-0.2, -0.15) is 4.72 Å². The van der Waals surface area contributed by atoms with Gasteiger partial charge >= 0.3 is 0 Å². The average molecular weight is 547 g/mol. The van der Waals surface area contributed by atoms with Gasteiger partial charge in [-0.15, -0.1) is 4.41 Å². The fourth-order valence-corrected chi connectivity index (χ4v) is 5.82. The van der Waals surface area contributed by atoms with Gasteiger partial charge in [0.05, 0.1) is 20.8 Å². The number of Topliss-reactive ketones (excluding diaryl/α,β-unsaturated/α-hetero) is 1. The van der Waals surface area contributed by atoms with Crippen LogP contribution in [0.3, 0.4) is 0 Å². The maximum atomic E-state index is 13.2. The van der Waals surface area contributed by atoms with E-state index in [9.17, 15) is 31.7 Å². The van der Waals surface area contributed by atoms with Crippen molar-refractivity contribution in [3.63, 3.8) is 0 Å². The lowest BCUT2D eigenvalue weighted by Crippen LogP contribution is -2.53. The van der Waals surface area contributed by atoms with Crippen molar-refractivity contribution in [2.75, 3.05) is 7.05 Å². The van der Waals surface area contributed by atoms with Crippen LogP contribution in [0.15, 0.2) is 88.7 Å². The van der Waals surface area contributed by atoms with Gasteiger partial charge in [0.25, 0.3) is 15.7 Å². The van der Waals surface area contributed by atoms with E-state index >= 15 is 0 Å². The van der Waals surface area contributed by atoms with Crippen molar-refractivity contribution in [1.82, 2.24) is 14.6 Å². The lowest BCUT2D eigenvalue weighted by Gasteiger charge is -2.31. The second-order valence-electron chi connectivity index (χ2n) is 8.26. The number of aryl methyl sites for hydroxylation is 1. The molecule has 3 rings (SSSR count). The van der Waals surface area contributed by atoms with Gasteiger partial charge in [-0.25, -0.2) is 22.3 Å². The third-order valence-electron chi connectivity index (χ3n) is 5.57. The Labute approximate surface area is 215 Å². The Bertz CT molecular complexity index is 1480. The summed E-state index contributed by atoms with van der Waals surface area (Å²) in [6.45, 7) is 2.99. The van der Waals surface area contributed by atoms with E-state index in [0.29, 0.717) is 5.56 Å². The number of rotatable bonds is 11. The van der Waals surface area contributed by atoms with E-state index in [1.807, 2.05) is 6.92 Å². The second kappa shape index (κ2) is 11.3. The van der Waals surface area contributed by atoms with Crippen LogP contribution in [-0.2, 0) is 24.8 Å². The summed E-state index contributed by atoms with van der Waals surface area (Å²) < 4.78 is 55.7. The normalized spacial score (nSPS) is 13.7. The van der Waals surface area contributed by atoms with Crippen molar-refractivity contribution < 1.29 is 26.6 Å². The number of nitrogens with zero attached hydrogens (tertiary/aromatic N) is 2. The summed E-state index contributed by atoms with van der Waals surface area (Å²) in [7, 11) is -7.13. The number of nitro groups is 1. The summed E-state index contributed by atoms with van der Waals surface area (Å²) in [6.07, 6.45) is 0. The fourth-order valence-electron chi connectivity index (χ4n) is 3.50. The zero-order chi connectivity index (χ0) is 27.4. The van der Waals surface area contributed by atoms with Crippen LogP contribution in [-0.4, -0.2) is 45.0 Å². The summed E-state index contributed by atoms with van der Waals surface area (Å²) in [6, 6.07) is 16.1. The Hall–Kier alpha value is -3.49. The van der Waals surface area contributed by atoms with Crippen LogP contribution in [0.5, 0.6) is 0 Å². The van der Waals surface area contributed by atoms with Gasteiger partial charge in [0.15, 0.2) is 0 Å². The van der Waals surface area contributed by atoms with E-state index in [2.05, 4.69) is 10.1 Å². The molecule has 0 aromatic heterocycles. The predicted octanol–water partition coefficient (Wildman–Crippen LogP) is 2.71. The first-order chi connectivity index (χ1) is 17.3. The van der Waals surface area contributed by atoms with Crippen molar-refractivity contribution in [2.24, 2.45) is 0 Å². The SMILES string of the molecule is CC(=O)[C@H](NS(=O)(=O)c1ccc([N+](=O)[O-])cc1)[C@@H](NN(C)S(=O)(=O)c1ccc(C)cc1)c1ccccc1. The van der Waals surface area contributed by atoms with Crippen molar-refractivity contribution >= 4 is 31.5 Å². The number of ketones is 1. The molecular formula is C24H26N4O7S2. The van der Waals surface area contributed by atoms with E-state index in [1.54, 1.807) is 42.5 Å². The molecular weight excluding hydrogens is 520 g/mol. The van der Waals surface area contributed by atoms with Crippen molar-refractivity contribution in [3.05, 3.63) is 100 Å². The summed E-state index contributed by atoms with van der Waals surface area (Å²) in [5.74, 6) is -0.590. The van der Waals surface area contributed by atoms with Crippen LogP contribution in [0, 0.1) is 17.0 Å². The van der Waals surface area contributed by atoms with Gasteiger partial charge in [-0.05, 0) is 43.7 Å². The largest absolute Gasteiger partial charge is 0.298 e. The van der Waals surface area contributed by atoms with Gasteiger partial charge in [0.2, 0.25) is 10.0 Å². The van der Waals surface area contributed by atoms with Gasteiger partial charge in [0, 0.05) is 19.2 Å². The number of nitrogens with one attached hydrogen (secondary N) is 2. The average Bonchev–Trinajstić information content (AvgIpc) is 2.86. The molecule has 196 valence electrons. The van der Waals surface area contributed by atoms with Crippen LogP contribution >= 0.6 is 0 Å². The summed E-state index contributed by atoms with van der Waals surface area (Å²) in [5, 5.41) is 10.9. The molecule has 0 spiro atoms. The Morgan fingerprint density at radius 3 is 1.95 bits per heavy atom.